The molecule has 3 heterocycles. The normalized spacial score (nSPS) is 18.9. The summed E-state index contributed by atoms with van der Waals surface area (Å²) in [5.74, 6) is 2.74. The average Bonchev–Trinajstić information content (AvgIpc) is 3.64. The fourth-order valence-corrected chi connectivity index (χ4v) is 4.81. The molecule has 1 saturated heterocycles. The maximum absolute atomic E-state index is 4.63. The molecule has 2 aromatic heterocycles. The van der Waals surface area contributed by atoms with E-state index in [4.69, 9.17) is 0 Å². The quantitative estimate of drug-likeness (QED) is 0.269. The molecule has 6 heteroatoms. The van der Waals surface area contributed by atoms with Gasteiger partial charge in [-0.15, -0.1) is 0 Å². The molecule has 0 bridgehead atoms. The fraction of sp³-hybridized carbons (Fsp3) is 0.357. The van der Waals surface area contributed by atoms with Gasteiger partial charge < -0.3 is 20.6 Å². The molecule has 0 aliphatic carbocycles. The van der Waals surface area contributed by atoms with Crippen LogP contribution < -0.4 is 10.6 Å². The summed E-state index contributed by atoms with van der Waals surface area (Å²) in [6.07, 6.45) is 6.02. The zero-order chi connectivity index (χ0) is 23.5. The maximum Gasteiger partial charge on any atom is 0.123 e. The smallest absolute Gasteiger partial charge is 0.123 e. The van der Waals surface area contributed by atoms with E-state index >= 15 is 0 Å². The molecule has 3 atom stereocenters. The van der Waals surface area contributed by atoms with E-state index in [-0.39, 0.29) is 6.04 Å². The summed E-state index contributed by atoms with van der Waals surface area (Å²) < 4.78 is 0. The van der Waals surface area contributed by atoms with Crippen LogP contribution in [0, 0.1) is 5.92 Å². The van der Waals surface area contributed by atoms with Crippen LogP contribution in [0.25, 0.3) is 33.6 Å². The van der Waals surface area contributed by atoms with Gasteiger partial charge in [-0.1, -0.05) is 69.3 Å². The van der Waals surface area contributed by atoms with Gasteiger partial charge in [0, 0.05) is 0 Å². The number of hydrogen-bond donors (Lipinski definition) is 4. The molecule has 0 amide bonds. The van der Waals surface area contributed by atoms with Gasteiger partial charge in [0.1, 0.15) is 11.6 Å². The molecule has 1 fully saturated rings. The molecule has 176 valence electrons. The molecular weight excluding hydrogens is 420 g/mol. The maximum atomic E-state index is 4.63. The first-order chi connectivity index (χ1) is 16.6. The Balaban J connectivity index is 1.28. The second-order valence-corrected chi connectivity index (χ2v) is 9.34. The van der Waals surface area contributed by atoms with Crippen molar-refractivity contribution in [2.24, 2.45) is 5.92 Å². The van der Waals surface area contributed by atoms with Crippen molar-refractivity contribution < 1.29 is 0 Å². The molecular formula is C28H34N6. The third-order valence-corrected chi connectivity index (χ3v) is 6.79. The first-order valence-electron chi connectivity index (χ1n) is 12.4. The van der Waals surface area contributed by atoms with Crippen molar-refractivity contribution in [1.82, 2.24) is 30.6 Å². The number of rotatable bonds is 8. The van der Waals surface area contributed by atoms with Crippen LogP contribution in [0.2, 0.25) is 0 Å². The highest BCUT2D eigenvalue weighted by Crippen LogP contribution is 2.29. The lowest BCUT2D eigenvalue weighted by Gasteiger charge is -2.12. The topological polar surface area (TPSA) is 81.4 Å². The molecule has 4 aromatic rings. The number of imidazole rings is 2. The van der Waals surface area contributed by atoms with E-state index in [1.54, 1.807) is 0 Å². The SMILES string of the molecule is CCNC(CC)c1ncc(-c2ccc(-c3ccc(-c4cnc(C5CC(C)CN5)[nH]4)cc3)cc2)[nH]1. The molecule has 1 aliphatic heterocycles. The zero-order valence-corrected chi connectivity index (χ0v) is 20.2. The number of aromatic amines is 2. The zero-order valence-electron chi connectivity index (χ0n) is 20.2. The predicted octanol–water partition coefficient (Wildman–Crippen LogP) is 5.86. The lowest BCUT2D eigenvalue weighted by molar-refractivity contribution is 0.515. The molecule has 0 spiro atoms. The number of nitrogens with one attached hydrogen (secondary N) is 4. The van der Waals surface area contributed by atoms with Gasteiger partial charge in [-0.3, -0.25) is 0 Å². The largest absolute Gasteiger partial charge is 0.341 e. The minimum atomic E-state index is 0.264. The molecule has 5 rings (SSSR count). The van der Waals surface area contributed by atoms with Gasteiger partial charge >= 0.3 is 0 Å². The lowest BCUT2D eigenvalue weighted by Crippen LogP contribution is -2.21. The Bertz CT molecular complexity index is 1120. The van der Waals surface area contributed by atoms with Crippen LogP contribution in [0.15, 0.2) is 60.9 Å². The van der Waals surface area contributed by atoms with Crippen molar-refractivity contribution in [3.05, 3.63) is 72.6 Å². The van der Waals surface area contributed by atoms with Crippen LogP contribution in [-0.4, -0.2) is 33.0 Å². The average molecular weight is 455 g/mol. The summed E-state index contributed by atoms with van der Waals surface area (Å²) in [4.78, 5) is 16.2. The van der Waals surface area contributed by atoms with Crippen LogP contribution in [0.4, 0.5) is 0 Å². The number of hydrogen-bond acceptors (Lipinski definition) is 4. The Morgan fingerprint density at radius 1 is 0.853 bits per heavy atom. The van der Waals surface area contributed by atoms with Gasteiger partial charge in [0.15, 0.2) is 0 Å². The van der Waals surface area contributed by atoms with E-state index in [0.717, 1.165) is 60.1 Å². The molecule has 6 nitrogen and oxygen atoms in total. The Kier molecular flexibility index (Phi) is 6.61. The Hall–Kier alpha value is -3.22. The van der Waals surface area contributed by atoms with Crippen molar-refractivity contribution in [2.75, 3.05) is 13.1 Å². The van der Waals surface area contributed by atoms with E-state index < -0.39 is 0 Å². The fourth-order valence-electron chi connectivity index (χ4n) is 4.81. The van der Waals surface area contributed by atoms with Crippen molar-refractivity contribution >= 4 is 0 Å². The number of aromatic nitrogens is 4. The standard InChI is InChI=1S/C28H34N6/c1-4-23(29-5-2)27-31-16-25(33-27)21-10-6-19(7-11-21)20-8-12-22(13-9-20)26-17-32-28(34-26)24-14-18(3)15-30-24/h6-13,16-18,23-24,29-30H,4-5,14-15H2,1-3H3,(H,31,33)(H,32,34). The van der Waals surface area contributed by atoms with E-state index in [9.17, 15) is 0 Å². The summed E-state index contributed by atoms with van der Waals surface area (Å²) in [6.45, 7) is 8.57. The second kappa shape index (κ2) is 9.95. The number of H-pyrrole nitrogens is 2. The van der Waals surface area contributed by atoms with Gasteiger partial charge in [0.2, 0.25) is 0 Å². The Morgan fingerprint density at radius 2 is 1.44 bits per heavy atom. The number of benzene rings is 2. The summed E-state index contributed by atoms with van der Waals surface area (Å²) in [5, 5.41) is 7.02. The highest BCUT2D eigenvalue weighted by molar-refractivity contribution is 5.71. The van der Waals surface area contributed by atoms with Crippen LogP contribution in [0.5, 0.6) is 0 Å². The summed E-state index contributed by atoms with van der Waals surface area (Å²) in [6, 6.07) is 18.0. The monoisotopic (exact) mass is 454 g/mol. The molecule has 34 heavy (non-hydrogen) atoms. The summed E-state index contributed by atoms with van der Waals surface area (Å²) in [5.41, 5.74) is 6.81. The first-order valence-corrected chi connectivity index (χ1v) is 12.4. The van der Waals surface area contributed by atoms with Crippen LogP contribution >= 0.6 is 0 Å². The number of nitrogens with zero attached hydrogens (tertiary/aromatic N) is 2. The van der Waals surface area contributed by atoms with Crippen molar-refractivity contribution in [3.8, 4) is 33.6 Å². The van der Waals surface area contributed by atoms with Gasteiger partial charge in [0.25, 0.3) is 0 Å². The lowest BCUT2D eigenvalue weighted by atomic mass is 10.0. The molecule has 2 aromatic carbocycles. The van der Waals surface area contributed by atoms with Crippen LogP contribution in [0.3, 0.4) is 0 Å². The van der Waals surface area contributed by atoms with Crippen molar-refractivity contribution in [1.29, 1.82) is 0 Å². The Labute approximate surface area is 201 Å². The van der Waals surface area contributed by atoms with Crippen molar-refractivity contribution in [2.45, 2.75) is 45.7 Å². The van der Waals surface area contributed by atoms with E-state index in [2.05, 4.69) is 99.9 Å². The minimum absolute atomic E-state index is 0.264. The Morgan fingerprint density at radius 3 is 2.00 bits per heavy atom. The van der Waals surface area contributed by atoms with E-state index in [1.165, 1.54) is 11.1 Å². The van der Waals surface area contributed by atoms with Crippen molar-refractivity contribution in [3.63, 3.8) is 0 Å². The minimum Gasteiger partial charge on any atom is -0.341 e. The van der Waals surface area contributed by atoms with Gasteiger partial charge in [-0.25, -0.2) is 9.97 Å². The van der Waals surface area contributed by atoms with Gasteiger partial charge in [-0.2, -0.15) is 0 Å². The third kappa shape index (κ3) is 4.69. The van der Waals surface area contributed by atoms with Gasteiger partial charge in [-0.05, 0) is 54.1 Å². The highest BCUT2D eigenvalue weighted by Gasteiger charge is 2.24. The third-order valence-electron chi connectivity index (χ3n) is 6.79. The highest BCUT2D eigenvalue weighted by atomic mass is 15.0. The molecule has 4 N–H and O–H groups in total. The first kappa shape index (κ1) is 22.6. The predicted molar refractivity (Wildman–Crippen MR) is 138 cm³/mol. The second-order valence-electron chi connectivity index (χ2n) is 9.34. The summed E-state index contributed by atoms with van der Waals surface area (Å²) in [7, 11) is 0. The van der Waals surface area contributed by atoms with Crippen LogP contribution in [0.1, 0.15) is 57.3 Å². The molecule has 0 saturated carbocycles. The molecule has 1 aliphatic rings. The summed E-state index contributed by atoms with van der Waals surface area (Å²) >= 11 is 0. The van der Waals surface area contributed by atoms with Crippen LogP contribution in [-0.2, 0) is 0 Å². The molecule has 3 unspecified atom stereocenters. The van der Waals surface area contributed by atoms with E-state index in [1.807, 2.05) is 12.4 Å². The van der Waals surface area contributed by atoms with Gasteiger partial charge in [0.05, 0.1) is 35.9 Å². The van der Waals surface area contributed by atoms with E-state index in [0.29, 0.717) is 12.0 Å². The molecule has 0 radical (unpaired) electrons.